The van der Waals surface area contributed by atoms with Crippen LogP contribution >= 0.6 is 0 Å². The van der Waals surface area contributed by atoms with Gasteiger partial charge in [0.25, 0.3) is 0 Å². The van der Waals surface area contributed by atoms with Gasteiger partial charge in [-0.3, -0.25) is 0 Å². The molecule has 0 radical (unpaired) electrons. The highest BCUT2D eigenvalue weighted by Gasteiger charge is 2.21. The number of nitrogens with zero attached hydrogens (tertiary/aromatic N) is 4. The maximum absolute atomic E-state index is 9.67. The molecule has 3 aliphatic heterocycles. The summed E-state index contributed by atoms with van der Waals surface area (Å²) in [5.41, 5.74) is 6.82. The Morgan fingerprint density at radius 3 is 1.44 bits per heavy atom. The standard InChI is InChI=1S/C38H38N4O3/c1-7-41(8-2)29-11-13-35-25(5)15-31(44-37(35)19-29)21-33-17-27(28(23-39)24-40)18-34(43-33)22-32-16-26(6)36-14-12-30(20-38(36)45-32)42(9-3)10-4/h11-22H,7-10H2,1-6H3. The topological polar surface area (TPSA) is 81.8 Å². The van der Waals surface area contributed by atoms with Crippen LogP contribution in [0.4, 0.5) is 11.4 Å². The summed E-state index contributed by atoms with van der Waals surface area (Å²) in [5, 5.41) is 19.3. The molecule has 3 aliphatic rings. The number of anilines is 2. The summed E-state index contributed by atoms with van der Waals surface area (Å²) < 4.78 is 19.0. The van der Waals surface area contributed by atoms with E-state index in [1.165, 1.54) is 0 Å². The molecule has 0 saturated heterocycles. The number of hydrogen-bond acceptors (Lipinski definition) is 7. The van der Waals surface area contributed by atoms with E-state index in [0.717, 1.165) is 71.3 Å². The molecule has 0 aliphatic carbocycles. The molecule has 0 atom stereocenters. The van der Waals surface area contributed by atoms with Crippen molar-refractivity contribution in [1.82, 2.24) is 0 Å². The number of nitriles is 2. The third-order valence-corrected chi connectivity index (χ3v) is 8.12. The third-order valence-electron chi connectivity index (χ3n) is 8.12. The molecule has 45 heavy (non-hydrogen) atoms. The lowest BCUT2D eigenvalue weighted by Gasteiger charge is -2.25. The maximum atomic E-state index is 9.67. The molecular formula is C38H38N4O3. The van der Waals surface area contributed by atoms with E-state index in [-0.39, 0.29) is 5.57 Å². The van der Waals surface area contributed by atoms with Gasteiger partial charge in [-0.15, -0.1) is 0 Å². The fraction of sp³-hybridized carbons (Fsp3) is 0.263. The monoisotopic (exact) mass is 598 g/mol. The summed E-state index contributed by atoms with van der Waals surface area (Å²) in [4.78, 5) is 4.54. The minimum atomic E-state index is -0.0129. The molecule has 7 heteroatoms. The second kappa shape index (κ2) is 13.5. The van der Waals surface area contributed by atoms with Gasteiger partial charge in [-0.1, -0.05) is 0 Å². The van der Waals surface area contributed by atoms with Gasteiger partial charge in [0, 0.05) is 78.5 Å². The van der Waals surface area contributed by atoms with Gasteiger partial charge in [0.05, 0.1) is 0 Å². The first-order valence-corrected chi connectivity index (χ1v) is 15.4. The summed E-state index contributed by atoms with van der Waals surface area (Å²) >= 11 is 0. The zero-order valence-electron chi connectivity index (χ0n) is 26.8. The lowest BCUT2D eigenvalue weighted by atomic mass is 10.0. The smallest absolute Gasteiger partial charge is 0.137 e. The van der Waals surface area contributed by atoms with E-state index in [1.54, 1.807) is 24.3 Å². The highest BCUT2D eigenvalue weighted by molar-refractivity contribution is 5.77. The molecule has 0 saturated carbocycles. The Hall–Kier alpha value is -5.40. The molecular weight excluding hydrogens is 560 g/mol. The molecule has 5 rings (SSSR count). The van der Waals surface area contributed by atoms with Crippen LogP contribution in [-0.2, 0) is 4.74 Å². The van der Waals surface area contributed by atoms with Crippen LogP contribution in [0.5, 0.6) is 11.5 Å². The van der Waals surface area contributed by atoms with Crippen LogP contribution in [0.3, 0.4) is 0 Å². The van der Waals surface area contributed by atoms with Crippen molar-refractivity contribution < 1.29 is 14.2 Å². The number of hydrogen-bond donors (Lipinski definition) is 0. The number of rotatable bonds is 8. The van der Waals surface area contributed by atoms with Gasteiger partial charge in [-0.05, 0) is 101 Å². The summed E-state index contributed by atoms with van der Waals surface area (Å²) in [7, 11) is 0. The van der Waals surface area contributed by atoms with Crippen LogP contribution in [0.1, 0.15) is 52.7 Å². The van der Waals surface area contributed by atoms with E-state index in [4.69, 9.17) is 14.2 Å². The van der Waals surface area contributed by atoms with Crippen molar-refractivity contribution in [2.45, 2.75) is 41.5 Å². The van der Waals surface area contributed by atoms with Gasteiger partial charge in [0.1, 0.15) is 52.2 Å². The normalized spacial score (nSPS) is 16.8. The fourth-order valence-electron chi connectivity index (χ4n) is 5.72. The highest BCUT2D eigenvalue weighted by atomic mass is 16.5. The zero-order chi connectivity index (χ0) is 32.1. The lowest BCUT2D eigenvalue weighted by Crippen LogP contribution is -2.21. The van der Waals surface area contributed by atoms with E-state index in [9.17, 15) is 10.5 Å². The molecule has 0 fully saturated rings. The highest BCUT2D eigenvalue weighted by Crippen LogP contribution is 2.39. The van der Waals surface area contributed by atoms with Gasteiger partial charge in [0.15, 0.2) is 0 Å². The second-order valence-electron chi connectivity index (χ2n) is 10.9. The number of benzene rings is 2. The quantitative estimate of drug-likeness (QED) is 0.282. The van der Waals surface area contributed by atoms with E-state index < -0.39 is 0 Å². The van der Waals surface area contributed by atoms with Crippen LogP contribution in [-0.4, -0.2) is 26.2 Å². The molecule has 2 aromatic rings. The third kappa shape index (κ3) is 6.59. The molecule has 2 aromatic carbocycles. The molecule has 0 amide bonds. The Morgan fingerprint density at radius 2 is 1.07 bits per heavy atom. The van der Waals surface area contributed by atoms with Crippen LogP contribution in [0.2, 0.25) is 0 Å². The summed E-state index contributed by atoms with van der Waals surface area (Å²) in [6.45, 7) is 16.2. The number of allylic oxidation sites excluding steroid dienone is 10. The van der Waals surface area contributed by atoms with E-state index in [1.807, 2.05) is 38.1 Å². The summed E-state index contributed by atoms with van der Waals surface area (Å²) in [6, 6.07) is 16.5. The molecule has 3 heterocycles. The average Bonchev–Trinajstić information content (AvgIpc) is 3.02. The van der Waals surface area contributed by atoms with Gasteiger partial charge in [-0.2, -0.15) is 10.5 Å². The SMILES string of the molecule is CCN(CC)c1ccc2c(c1)OC(=CC1=CC(=C(C#N)C#N)C=C(C=C3C=C(C)c4ccc(N(CC)CC)cc4O3)O1)C=C2C. The number of ether oxygens (including phenoxy) is 3. The Balaban J connectivity index is 1.47. The molecule has 0 spiro atoms. The Labute approximate surface area is 266 Å². The van der Waals surface area contributed by atoms with E-state index in [0.29, 0.717) is 28.6 Å². The minimum absolute atomic E-state index is 0.0129. The van der Waals surface area contributed by atoms with Crippen LogP contribution < -0.4 is 19.3 Å². The van der Waals surface area contributed by atoms with Gasteiger partial charge >= 0.3 is 0 Å². The van der Waals surface area contributed by atoms with Crippen molar-refractivity contribution in [3.63, 3.8) is 0 Å². The Bertz CT molecular complexity index is 1680. The predicted molar refractivity (Wildman–Crippen MR) is 180 cm³/mol. The van der Waals surface area contributed by atoms with Crippen molar-refractivity contribution in [2.24, 2.45) is 0 Å². The second-order valence-corrected chi connectivity index (χ2v) is 10.9. The van der Waals surface area contributed by atoms with Crippen molar-refractivity contribution in [1.29, 1.82) is 10.5 Å². The van der Waals surface area contributed by atoms with Crippen molar-refractivity contribution >= 4 is 22.5 Å². The molecule has 7 nitrogen and oxygen atoms in total. The molecule has 0 N–H and O–H groups in total. The van der Waals surface area contributed by atoms with Crippen LogP contribution in [0, 0.1) is 22.7 Å². The lowest BCUT2D eigenvalue weighted by molar-refractivity contribution is 0.322. The van der Waals surface area contributed by atoms with Crippen LogP contribution in [0.15, 0.2) is 107 Å². The largest absolute Gasteiger partial charge is 0.457 e. The predicted octanol–water partition coefficient (Wildman–Crippen LogP) is 8.58. The van der Waals surface area contributed by atoms with E-state index >= 15 is 0 Å². The van der Waals surface area contributed by atoms with E-state index in [2.05, 4.69) is 73.9 Å². The number of fused-ring (bicyclic) bond motifs is 2. The fourth-order valence-corrected chi connectivity index (χ4v) is 5.72. The van der Waals surface area contributed by atoms with Crippen LogP contribution in [0.25, 0.3) is 11.1 Å². The molecule has 0 unspecified atom stereocenters. The minimum Gasteiger partial charge on any atom is -0.457 e. The average molecular weight is 599 g/mol. The van der Waals surface area contributed by atoms with Crippen molar-refractivity contribution in [2.75, 3.05) is 36.0 Å². The summed E-state index contributed by atoms with van der Waals surface area (Å²) in [6.07, 6.45) is 10.8. The molecule has 0 bridgehead atoms. The Kier molecular flexibility index (Phi) is 9.31. The van der Waals surface area contributed by atoms with Crippen molar-refractivity contribution in [3.8, 4) is 23.6 Å². The van der Waals surface area contributed by atoms with Crippen molar-refractivity contribution in [3.05, 3.63) is 118 Å². The van der Waals surface area contributed by atoms with Gasteiger partial charge in [-0.25, -0.2) is 0 Å². The molecule has 0 aromatic heterocycles. The maximum Gasteiger partial charge on any atom is 0.137 e. The Morgan fingerprint density at radius 1 is 0.644 bits per heavy atom. The van der Waals surface area contributed by atoms with Gasteiger partial charge in [0.2, 0.25) is 0 Å². The zero-order valence-corrected chi connectivity index (χ0v) is 26.8. The van der Waals surface area contributed by atoms with Gasteiger partial charge < -0.3 is 24.0 Å². The first kappa shape index (κ1) is 31.0. The first-order chi connectivity index (χ1) is 21.8. The summed E-state index contributed by atoms with van der Waals surface area (Å²) in [5.74, 6) is 3.59. The first-order valence-electron chi connectivity index (χ1n) is 15.4. The molecule has 228 valence electrons.